The lowest BCUT2D eigenvalue weighted by Gasteiger charge is -2.27. The highest BCUT2D eigenvalue weighted by Crippen LogP contribution is 2.53. The van der Waals surface area contributed by atoms with Crippen LogP contribution in [0.5, 0.6) is 0 Å². The predicted octanol–water partition coefficient (Wildman–Crippen LogP) is 4.42. The van der Waals surface area contributed by atoms with Crippen molar-refractivity contribution >= 4 is 39.3 Å². The number of rotatable bonds is 5. The van der Waals surface area contributed by atoms with Crippen LogP contribution in [0.4, 0.5) is 5.69 Å². The first-order valence-corrected chi connectivity index (χ1v) is 11.8. The second-order valence-electron chi connectivity index (χ2n) is 9.16. The van der Waals surface area contributed by atoms with Gasteiger partial charge < -0.3 is 5.32 Å². The summed E-state index contributed by atoms with van der Waals surface area (Å²) >= 11 is 3.52. The number of benzene rings is 2. The highest BCUT2D eigenvalue weighted by atomic mass is 79.9. The van der Waals surface area contributed by atoms with Crippen LogP contribution in [0.15, 0.2) is 59.1 Å². The Morgan fingerprint density at radius 3 is 2.28 bits per heavy atom. The monoisotopic (exact) mass is 492 g/mol. The first-order valence-electron chi connectivity index (χ1n) is 11.0. The summed E-state index contributed by atoms with van der Waals surface area (Å²) in [4.78, 5) is 41.7. The van der Waals surface area contributed by atoms with Crippen LogP contribution < -0.4 is 5.32 Å². The van der Waals surface area contributed by atoms with Crippen molar-refractivity contribution in [2.45, 2.75) is 32.7 Å². The smallest absolute Gasteiger partial charge is 0.248 e. The fourth-order valence-electron chi connectivity index (χ4n) is 5.50. The van der Waals surface area contributed by atoms with Crippen LogP contribution in [-0.2, 0) is 20.8 Å². The topological polar surface area (TPSA) is 66.5 Å². The van der Waals surface area contributed by atoms with E-state index in [1.807, 2.05) is 56.3 Å². The molecule has 1 aliphatic heterocycles. The summed E-state index contributed by atoms with van der Waals surface area (Å²) in [7, 11) is 0. The molecule has 0 spiro atoms. The maximum absolute atomic E-state index is 13.6. The van der Waals surface area contributed by atoms with E-state index in [1.54, 1.807) is 0 Å². The number of nitrogens with zero attached hydrogens (tertiary/aromatic N) is 1. The number of nitrogens with one attached hydrogen (secondary N) is 1. The van der Waals surface area contributed by atoms with Gasteiger partial charge in [-0.15, -0.1) is 0 Å². The average molecular weight is 493 g/mol. The molecule has 5 nitrogen and oxygen atoms in total. The maximum Gasteiger partial charge on any atom is 0.248 e. The molecule has 1 saturated carbocycles. The van der Waals surface area contributed by atoms with Crippen LogP contribution in [-0.4, -0.2) is 28.7 Å². The molecular weight excluding hydrogens is 468 g/mol. The summed E-state index contributed by atoms with van der Waals surface area (Å²) in [5, 5.41) is 3.00. The van der Waals surface area contributed by atoms with E-state index in [2.05, 4.69) is 33.4 Å². The minimum atomic E-state index is -0.884. The van der Waals surface area contributed by atoms with E-state index in [4.69, 9.17) is 0 Å². The van der Waals surface area contributed by atoms with Crippen molar-refractivity contribution in [2.24, 2.45) is 23.7 Å². The van der Waals surface area contributed by atoms with E-state index in [0.29, 0.717) is 12.1 Å². The second kappa shape index (κ2) is 8.00. The van der Waals surface area contributed by atoms with Crippen LogP contribution >= 0.6 is 15.9 Å². The molecule has 3 amide bonds. The molecular formula is C26H25BrN2O3. The molecule has 164 valence electrons. The van der Waals surface area contributed by atoms with E-state index in [-0.39, 0.29) is 41.4 Å². The number of halogens is 1. The first-order chi connectivity index (χ1) is 15.3. The van der Waals surface area contributed by atoms with Gasteiger partial charge in [0.15, 0.2) is 0 Å². The molecule has 2 aromatic rings. The Balaban J connectivity index is 1.47. The number of hydrogen-bond acceptors (Lipinski definition) is 3. The largest absolute Gasteiger partial charge is 0.324 e. The normalized spacial score (nSPS) is 26.5. The van der Waals surface area contributed by atoms with Crippen LogP contribution in [0.1, 0.15) is 23.1 Å². The molecule has 5 atom stereocenters. The number of allylic oxidation sites excluding steroid dienone is 2. The summed E-state index contributed by atoms with van der Waals surface area (Å²) in [6.07, 6.45) is 5.30. The summed E-state index contributed by atoms with van der Waals surface area (Å²) in [5.74, 6) is -1.14. The fourth-order valence-corrected chi connectivity index (χ4v) is 5.96. The number of carbonyl (C=O) groups excluding carboxylic acids is 3. The van der Waals surface area contributed by atoms with Crippen molar-refractivity contribution in [3.05, 3.63) is 75.8 Å². The van der Waals surface area contributed by atoms with Gasteiger partial charge in [0.25, 0.3) is 0 Å². The molecule has 0 unspecified atom stereocenters. The molecule has 2 fully saturated rings. The third-order valence-corrected chi connectivity index (χ3v) is 8.01. The molecule has 2 aliphatic carbocycles. The molecule has 1 saturated heterocycles. The Morgan fingerprint density at radius 2 is 1.66 bits per heavy atom. The molecule has 2 bridgehead atoms. The molecule has 1 N–H and O–H groups in total. The van der Waals surface area contributed by atoms with Crippen molar-refractivity contribution in [1.82, 2.24) is 4.90 Å². The maximum atomic E-state index is 13.6. The van der Waals surface area contributed by atoms with E-state index in [1.165, 1.54) is 4.90 Å². The fraction of sp³-hybridized carbons (Fsp3) is 0.346. The standard InChI is InChI=1S/C26H25BrN2O3/c1-14-11-20(15(2)10-19(14)27)28-24(30)21(12-16-6-4-3-5-7-16)29-25(31)22-17-8-9-18(13-17)23(22)26(29)32/h3-11,17-18,21-23H,12-13H2,1-2H3,(H,28,30)/t17-,18+,21-,22+,23+/m1/s1. The van der Waals surface area contributed by atoms with E-state index in [0.717, 1.165) is 27.6 Å². The van der Waals surface area contributed by atoms with Crippen LogP contribution in [0, 0.1) is 37.5 Å². The molecule has 6 heteroatoms. The number of fused-ring (bicyclic) bond motifs is 5. The number of aryl methyl sites for hydroxylation is 2. The molecule has 32 heavy (non-hydrogen) atoms. The number of anilines is 1. The number of amides is 3. The third kappa shape index (κ3) is 3.41. The summed E-state index contributed by atoms with van der Waals surface area (Å²) in [6, 6.07) is 12.5. The Labute approximate surface area is 196 Å². The Bertz CT molecular complexity index is 1110. The molecule has 3 aliphatic rings. The summed E-state index contributed by atoms with van der Waals surface area (Å²) in [6.45, 7) is 3.88. The second-order valence-corrected chi connectivity index (χ2v) is 10.0. The van der Waals surface area contributed by atoms with Gasteiger partial charge in [-0.05, 0) is 60.9 Å². The zero-order valence-corrected chi connectivity index (χ0v) is 19.6. The molecule has 0 aromatic heterocycles. The van der Waals surface area contributed by atoms with Gasteiger partial charge in [-0.1, -0.05) is 58.4 Å². The Kier molecular flexibility index (Phi) is 5.28. The van der Waals surface area contributed by atoms with Gasteiger partial charge >= 0.3 is 0 Å². The molecule has 5 rings (SSSR count). The first kappa shape index (κ1) is 21.1. The van der Waals surface area contributed by atoms with Gasteiger partial charge in [0.05, 0.1) is 11.8 Å². The summed E-state index contributed by atoms with van der Waals surface area (Å²) < 4.78 is 0.967. The Hall–Kier alpha value is -2.73. The zero-order valence-electron chi connectivity index (χ0n) is 18.0. The van der Waals surface area contributed by atoms with Crippen molar-refractivity contribution < 1.29 is 14.4 Å². The van der Waals surface area contributed by atoms with E-state index in [9.17, 15) is 14.4 Å². The molecule has 1 heterocycles. The van der Waals surface area contributed by atoms with Crippen molar-refractivity contribution in [1.29, 1.82) is 0 Å². The number of carbonyl (C=O) groups is 3. The van der Waals surface area contributed by atoms with Crippen LogP contribution in [0.25, 0.3) is 0 Å². The number of hydrogen-bond donors (Lipinski definition) is 1. The lowest BCUT2D eigenvalue weighted by molar-refractivity contribution is -0.147. The highest BCUT2D eigenvalue weighted by molar-refractivity contribution is 9.10. The minimum Gasteiger partial charge on any atom is -0.324 e. The number of imide groups is 1. The van der Waals surface area contributed by atoms with Gasteiger partial charge in [0, 0.05) is 16.6 Å². The van der Waals surface area contributed by atoms with E-state index >= 15 is 0 Å². The Morgan fingerprint density at radius 1 is 1.03 bits per heavy atom. The van der Waals surface area contributed by atoms with Crippen molar-refractivity contribution in [3.63, 3.8) is 0 Å². The molecule has 2 aromatic carbocycles. The summed E-state index contributed by atoms with van der Waals surface area (Å²) in [5.41, 5.74) is 3.51. The van der Waals surface area contributed by atoms with Crippen LogP contribution in [0.2, 0.25) is 0 Å². The quantitative estimate of drug-likeness (QED) is 0.496. The van der Waals surface area contributed by atoms with Gasteiger partial charge in [0.2, 0.25) is 17.7 Å². The minimum absolute atomic E-state index is 0.114. The van der Waals surface area contributed by atoms with Crippen molar-refractivity contribution in [3.8, 4) is 0 Å². The van der Waals surface area contributed by atoms with Crippen molar-refractivity contribution in [2.75, 3.05) is 5.32 Å². The average Bonchev–Trinajstić information content (AvgIpc) is 3.45. The van der Waals surface area contributed by atoms with Crippen LogP contribution in [0.3, 0.4) is 0 Å². The predicted molar refractivity (Wildman–Crippen MR) is 126 cm³/mol. The van der Waals surface area contributed by atoms with E-state index < -0.39 is 6.04 Å². The lowest BCUT2D eigenvalue weighted by Crippen LogP contribution is -2.49. The molecule has 0 radical (unpaired) electrons. The van der Waals surface area contributed by atoms with Gasteiger partial charge in [-0.3, -0.25) is 19.3 Å². The van der Waals surface area contributed by atoms with Gasteiger partial charge in [-0.2, -0.15) is 0 Å². The highest BCUT2D eigenvalue weighted by Gasteiger charge is 2.61. The SMILES string of the molecule is Cc1cc(NC(=O)[C@@H](Cc2ccccc2)N2C(=O)[C@@H]3[C@@H](C2=O)[C@H]2C=C[C@@H]3C2)c(C)cc1Br. The lowest BCUT2D eigenvalue weighted by atomic mass is 9.85. The van der Waals surface area contributed by atoms with Gasteiger partial charge in [-0.25, -0.2) is 0 Å². The number of likely N-dealkylation sites (tertiary alicyclic amines) is 1. The zero-order chi connectivity index (χ0) is 22.6. The third-order valence-electron chi connectivity index (χ3n) is 7.15. The van der Waals surface area contributed by atoms with Gasteiger partial charge in [0.1, 0.15) is 6.04 Å².